The number of pyridine rings is 2. The summed E-state index contributed by atoms with van der Waals surface area (Å²) < 4.78 is 0. The number of anilines is 1. The zero-order chi connectivity index (χ0) is 21.9. The number of nitrogens with one attached hydrogen (secondary N) is 1. The van der Waals surface area contributed by atoms with Crippen LogP contribution in [0.1, 0.15) is 23.3 Å². The van der Waals surface area contributed by atoms with Gasteiger partial charge in [-0.25, -0.2) is 4.98 Å². The Balaban J connectivity index is 1.20. The van der Waals surface area contributed by atoms with Gasteiger partial charge in [0.1, 0.15) is 11.5 Å². The molecular formula is C25H29N5O2. The van der Waals surface area contributed by atoms with Crippen molar-refractivity contribution in [2.24, 2.45) is 5.92 Å². The highest BCUT2D eigenvalue weighted by atomic mass is 16.2. The van der Waals surface area contributed by atoms with E-state index in [1.54, 1.807) is 12.1 Å². The second-order valence-corrected chi connectivity index (χ2v) is 8.83. The molecule has 1 N–H and O–H groups in total. The minimum Gasteiger partial charge on any atom is -0.354 e. The van der Waals surface area contributed by atoms with E-state index >= 15 is 0 Å². The fourth-order valence-corrected chi connectivity index (χ4v) is 4.96. The van der Waals surface area contributed by atoms with Crippen LogP contribution >= 0.6 is 0 Å². The number of rotatable bonds is 4. The summed E-state index contributed by atoms with van der Waals surface area (Å²) in [4.78, 5) is 39.6. The fraction of sp³-hybridized carbons (Fsp3) is 0.400. The monoisotopic (exact) mass is 431 g/mol. The van der Waals surface area contributed by atoms with Gasteiger partial charge in [-0.3, -0.25) is 14.5 Å². The van der Waals surface area contributed by atoms with E-state index in [4.69, 9.17) is 0 Å². The van der Waals surface area contributed by atoms with Crippen LogP contribution in [0.5, 0.6) is 0 Å². The Morgan fingerprint density at radius 2 is 1.84 bits per heavy atom. The molecule has 7 heteroatoms. The van der Waals surface area contributed by atoms with E-state index in [1.165, 1.54) is 0 Å². The number of likely N-dealkylation sites (tertiary alicyclic amines) is 1. The van der Waals surface area contributed by atoms with E-state index in [1.807, 2.05) is 41.4 Å². The summed E-state index contributed by atoms with van der Waals surface area (Å²) >= 11 is 0. The Bertz CT molecular complexity index is 1140. The second kappa shape index (κ2) is 9.12. The summed E-state index contributed by atoms with van der Waals surface area (Å²) in [6.45, 7) is 6.48. The van der Waals surface area contributed by atoms with Crippen molar-refractivity contribution in [3.8, 4) is 0 Å². The largest absolute Gasteiger partial charge is 0.354 e. The van der Waals surface area contributed by atoms with Crippen molar-refractivity contribution in [3.05, 3.63) is 70.8 Å². The van der Waals surface area contributed by atoms with Gasteiger partial charge in [-0.05, 0) is 48.4 Å². The van der Waals surface area contributed by atoms with Crippen LogP contribution in [0.25, 0.3) is 10.8 Å². The number of piperazine rings is 1. The number of fused-ring (bicyclic) bond motifs is 1. The zero-order valence-electron chi connectivity index (χ0n) is 18.2. The summed E-state index contributed by atoms with van der Waals surface area (Å²) in [5.74, 6) is 1.43. The molecule has 3 aromatic rings. The summed E-state index contributed by atoms with van der Waals surface area (Å²) in [5, 5.41) is 1.42. The van der Waals surface area contributed by atoms with Crippen LogP contribution < -0.4 is 10.5 Å². The first-order valence-corrected chi connectivity index (χ1v) is 11.5. The molecule has 32 heavy (non-hydrogen) atoms. The van der Waals surface area contributed by atoms with E-state index in [0.29, 0.717) is 17.0 Å². The summed E-state index contributed by atoms with van der Waals surface area (Å²) in [5.41, 5.74) is 0.184. The number of nitrogens with zero attached hydrogens (tertiary/aromatic N) is 4. The van der Waals surface area contributed by atoms with Crippen LogP contribution in [0.4, 0.5) is 5.82 Å². The lowest BCUT2D eigenvalue weighted by molar-refractivity contribution is 0.0631. The number of hydrogen-bond donors (Lipinski definition) is 1. The smallest absolute Gasteiger partial charge is 0.270 e. The van der Waals surface area contributed by atoms with E-state index < -0.39 is 0 Å². The Morgan fingerprint density at radius 1 is 1.03 bits per heavy atom. The molecule has 1 aromatic carbocycles. The van der Waals surface area contributed by atoms with Gasteiger partial charge < -0.3 is 14.8 Å². The molecule has 2 aromatic heterocycles. The quantitative estimate of drug-likeness (QED) is 0.688. The lowest BCUT2D eigenvalue weighted by Gasteiger charge is -2.39. The first kappa shape index (κ1) is 20.7. The molecular weight excluding hydrogens is 402 g/mol. The normalized spacial score (nSPS) is 19.9. The lowest BCUT2D eigenvalue weighted by atomic mass is 9.96. The summed E-state index contributed by atoms with van der Waals surface area (Å²) in [6.07, 6.45) is 3.98. The maximum Gasteiger partial charge on any atom is 0.270 e. The molecule has 0 radical (unpaired) electrons. The van der Waals surface area contributed by atoms with Gasteiger partial charge in [0.05, 0.1) is 0 Å². The third kappa shape index (κ3) is 4.39. The van der Waals surface area contributed by atoms with Crippen LogP contribution in [0, 0.1) is 5.92 Å². The van der Waals surface area contributed by atoms with Crippen molar-refractivity contribution in [1.82, 2.24) is 19.8 Å². The van der Waals surface area contributed by atoms with Crippen LogP contribution in [0.15, 0.2) is 59.5 Å². The van der Waals surface area contributed by atoms with Crippen LogP contribution in [-0.4, -0.2) is 71.5 Å². The third-order valence-corrected chi connectivity index (χ3v) is 6.65. The first-order valence-electron chi connectivity index (χ1n) is 11.5. The maximum absolute atomic E-state index is 13.2. The first-order chi connectivity index (χ1) is 15.7. The number of carbonyl (C=O) groups is 1. The van der Waals surface area contributed by atoms with Gasteiger partial charge in [-0.2, -0.15) is 0 Å². The number of benzene rings is 1. The lowest BCUT2D eigenvalue weighted by Crippen LogP contribution is -2.50. The van der Waals surface area contributed by atoms with E-state index in [2.05, 4.69) is 25.8 Å². The molecule has 0 spiro atoms. The number of hydrogen-bond acceptors (Lipinski definition) is 5. The van der Waals surface area contributed by atoms with Crippen LogP contribution in [-0.2, 0) is 0 Å². The summed E-state index contributed by atoms with van der Waals surface area (Å²) in [6, 6.07) is 15.2. The molecule has 1 atom stereocenters. The van der Waals surface area contributed by atoms with Gasteiger partial charge in [-0.15, -0.1) is 0 Å². The average molecular weight is 432 g/mol. The number of amides is 1. The summed E-state index contributed by atoms with van der Waals surface area (Å²) in [7, 11) is 0. The molecule has 2 saturated heterocycles. The predicted octanol–water partition coefficient (Wildman–Crippen LogP) is 2.60. The van der Waals surface area contributed by atoms with Gasteiger partial charge in [-0.1, -0.05) is 24.3 Å². The third-order valence-electron chi connectivity index (χ3n) is 6.65. The Labute approximate surface area is 187 Å². The Kier molecular flexibility index (Phi) is 5.90. The Hall–Kier alpha value is -3.19. The van der Waals surface area contributed by atoms with Crippen molar-refractivity contribution in [2.45, 2.75) is 12.8 Å². The molecule has 7 nitrogen and oxygen atoms in total. The highest BCUT2D eigenvalue weighted by Gasteiger charge is 2.28. The predicted molar refractivity (Wildman–Crippen MR) is 126 cm³/mol. The van der Waals surface area contributed by atoms with Gasteiger partial charge in [0.2, 0.25) is 0 Å². The second-order valence-electron chi connectivity index (χ2n) is 8.83. The molecule has 1 amide bonds. The van der Waals surface area contributed by atoms with Gasteiger partial charge >= 0.3 is 0 Å². The molecule has 166 valence electrons. The van der Waals surface area contributed by atoms with Crippen molar-refractivity contribution in [3.63, 3.8) is 0 Å². The van der Waals surface area contributed by atoms with Gasteiger partial charge in [0, 0.05) is 57.4 Å². The highest BCUT2D eigenvalue weighted by Crippen LogP contribution is 2.21. The molecule has 2 aliphatic rings. The molecule has 2 fully saturated rings. The molecule has 2 aliphatic heterocycles. The fourth-order valence-electron chi connectivity index (χ4n) is 4.96. The van der Waals surface area contributed by atoms with E-state index in [9.17, 15) is 9.59 Å². The number of aromatic nitrogens is 2. The number of piperidine rings is 1. The van der Waals surface area contributed by atoms with Crippen molar-refractivity contribution in [1.29, 1.82) is 0 Å². The number of aromatic amines is 1. The number of H-pyrrole nitrogens is 1. The maximum atomic E-state index is 13.2. The van der Waals surface area contributed by atoms with Gasteiger partial charge in [0.25, 0.3) is 11.5 Å². The Morgan fingerprint density at radius 3 is 2.66 bits per heavy atom. The topological polar surface area (TPSA) is 72.5 Å². The van der Waals surface area contributed by atoms with Crippen molar-refractivity contribution >= 4 is 22.5 Å². The van der Waals surface area contributed by atoms with E-state index in [0.717, 1.165) is 69.9 Å². The van der Waals surface area contributed by atoms with Gasteiger partial charge in [0.15, 0.2) is 0 Å². The van der Waals surface area contributed by atoms with Crippen molar-refractivity contribution in [2.75, 3.05) is 50.7 Å². The molecule has 0 saturated carbocycles. The standard InChI is InChI=1S/C25H29N5O2/c31-24-21-8-2-1-7-20(21)16-22(27-24)25(32)30-11-5-6-19(18-30)17-28-12-14-29(15-13-28)23-9-3-4-10-26-23/h1-4,7-10,16,19H,5-6,11-15,17-18H2,(H,27,31). The minimum absolute atomic E-state index is 0.0717. The number of carbonyl (C=O) groups excluding carboxylic acids is 1. The molecule has 1 unspecified atom stereocenters. The molecule has 4 heterocycles. The SMILES string of the molecule is O=C(c1cc2ccccc2c(=O)[nH]1)N1CCCC(CN2CCN(c3ccccn3)CC2)C1. The van der Waals surface area contributed by atoms with E-state index in [-0.39, 0.29) is 11.5 Å². The highest BCUT2D eigenvalue weighted by molar-refractivity contribution is 5.96. The molecule has 0 bridgehead atoms. The average Bonchev–Trinajstić information content (AvgIpc) is 2.85. The molecule has 5 rings (SSSR count). The van der Waals surface area contributed by atoms with Crippen molar-refractivity contribution < 1.29 is 4.79 Å². The minimum atomic E-state index is -0.203. The zero-order valence-corrected chi connectivity index (χ0v) is 18.2. The molecule has 0 aliphatic carbocycles. The van der Waals surface area contributed by atoms with Crippen LogP contribution in [0.2, 0.25) is 0 Å². The van der Waals surface area contributed by atoms with Crippen LogP contribution in [0.3, 0.4) is 0 Å².